The Labute approximate surface area is 178 Å². The molecule has 0 unspecified atom stereocenters. The van der Waals surface area contributed by atoms with E-state index < -0.39 is 0 Å². The Hall–Kier alpha value is -2.70. The number of amides is 2. The average molecular weight is 410 g/mol. The van der Waals surface area contributed by atoms with E-state index in [1.165, 1.54) is 5.56 Å². The predicted octanol–water partition coefficient (Wildman–Crippen LogP) is 2.80. The van der Waals surface area contributed by atoms with Crippen LogP contribution in [0.15, 0.2) is 54.6 Å². The number of nitrogens with zero attached hydrogens (tertiary/aromatic N) is 2. The molecule has 30 heavy (non-hydrogen) atoms. The van der Waals surface area contributed by atoms with Gasteiger partial charge in [-0.3, -0.25) is 19.8 Å². The Bertz CT molecular complexity index is 815. The lowest BCUT2D eigenvalue weighted by atomic mass is 9.96. The third-order valence-electron chi connectivity index (χ3n) is 5.54. The molecule has 1 N–H and O–H groups in total. The van der Waals surface area contributed by atoms with E-state index in [1.807, 2.05) is 6.07 Å². The summed E-state index contributed by atoms with van der Waals surface area (Å²) in [6, 6.07) is 17.2. The lowest BCUT2D eigenvalue weighted by Crippen LogP contribution is -2.44. The van der Waals surface area contributed by atoms with Gasteiger partial charge >= 0.3 is 0 Å². The number of likely N-dealkylation sites (tertiary alicyclic amines) is 1. The normalized spacial score (nSPS) is 15.2. The fourth-order valence-electron chi connectivity index (χ4n) is 3.91. The van der Waals surface area contributed by atoms with Crippen molar-refractivity contribution in [1.82, 2.24) is 15.1 Å². The molecule has 2 aromatic carbocycles. The van der Waals surface area contributed by atoms with E-state index in [1.54, 1.807) is 31.4 Å². The smallest absolute Gasteiger partial charge is 0.257 e. The first-order valence-corrected chi connectivity index (χ1v) is 10.5. The molecule has 0 radical (unpaired) electrons. The molecule has 0 saturated carbocycles. The van der Waals surface area contributed by atoms with Crippen molar-refractivity contribution in [3.8, 4) is 5.75 Å². The van der Waals surface area contributed by atoms with Gasteiger partial charge in [-0.15, -0.1) is 0 Å². The SMILES string of the molecule is COc1ccc(C(=O)NC(=O)CN2CCC(CN(C)Cc3ccccc3)CC2)cc1. The van der Waals surface area contributed by atoms with Gasteiger partial charge in [-0.2, -0.15) is 0 Å². The van der Waals surface area contributed by atoms with Gasteiger partial charge < -0.3 is 9.64 Å². The van der Waals surface area contributed by atoms with Crippen LogP contribution in [0.1, 0.15) is 28.8 Å². The molecule has 160 valence electrons. The van der Waals surface area contributed by atoms with Gasteiger partial charge in [0.1, 0.15) is 5.75 Å². The van der Waals surface area contributed by atoms with Crippen molar-refractivity contribution >= 4 is 11.8 Å². The number of carbonyl (C=O) groups excluding carboxylic acids is 2. The summed E-state index contributed by atoms with van der Waals surface area (Å²) in [5.74, 6) is 0.685. The maximum absolute atomic E-state index is 12.3. The van der Waals surface area contributed by atoms with Crippen molar-refractivity contribution in [3.05, 3.63) is 65.7 Å². The van der Waals surface area contributed by atoms with Crippen LogP contribution in [0.2, 0.25) is 0 Å². The fourth-order valence-corrected chi connectivity index (χ4v) is 3.91. The highest BCUT2D eigenvalue weighted by atomic mass is 16.5. The number of imide groups is 1. The number of hydrogen-bond donors (Lipinski definition) is 1. The number of piperidine rings is 1. The van der Waals surface area contributed by atoms with Gasteiger partial charge in [-0.05, 0) is 68.7 Å². The summed E-state index contributed by atoms with van der Waals surface area (Å²) >= 11 is 0. The van der Waals surface area contributed by atoms with E-state index in [9.17, 15) is 9.59 Å². The second-order valence-electron chi connectivity index (χ2n) is 8.01. The minimum atomic E-state index is -0.375. The summed E-state index contributed by atoms with van der Waals surface area (Å²) in [4.78, 5) is 29.0. The summed E-state index contributed by atoms with van der Waals surface area (Å²) < 4.78 is 5.08. The minimum absolute atomic E-state index is 0.254. The zero-order valence-corrected chi connectivity index (χ0v) is 17.8. The molecule has 1 fully saturated rings. The molecule has 1 aliphatic heterocycles. The van der Waals surface area contributed by atoms with Crippen LogP contribution in [-0.4, -0.2) is 62.0 Å². The Kier molecular flexibility index (Phi) is 7.99. The topological polar surface area (TPSA) is 61.9 Å². The summed E-state index contributed by atoms with van der Waals surface area (Å²) in [5, 5.41) is 2.48. The second-order valence-corrected chi connectivity index (χ2v) is 8.01. The quantitative estimate of drug-likeness (QED) is 0.727. The van der Waals surface area contributed by atoms with E-state index in [0.29, 0.717) is 17.2 Å². The number of carbonyl (C=O) groups is 2. The van der Waals surface area contributed by atoms with Gasteiger partial charge in [-0.1, -0.05) is 30.3 Å². The average Bonchev–Trinajstić information content (AvgIpc) is 2.75. The second kappa shape index (κ2) is 10.9. The summed E-state index contributed by atoms with van der Waals surface area (Å²) in [7, 11) is 3.74. The first-order chi connectivity index (χ1) is 14.5. The van der Waals surface area contributed by atoms with Gasteiger partial charge in [0.05, 0.1) is 13.7 Å². The monoisotopic (exact) mass is 409 g/mol. The van der Waals surface area contributed by atoms with Gasteiger partial charge in [-0.25, -0.2) is 0 Å². The van der Waals surface area contributed by atoms with Crippen molar-refractivity contribution in [2.45, 2.75) is 19.4 Å². The van der Waals surface area contributed by atoms with Crippen LogP contribution in [0.5, 0.6) is 5.75 Å². The van der Waals surface area contributed by atoms with Crippen LogP contribution < -0.4 is 10.1 Å². The van der Waals surface area contributed by atoms with E-state index in [4.69, 9.17) is 4.74 Å². The van der Waals surface area contributed by atoms with Crippen LogP contribution in [0, 0.1) is 5.92 Å². The largest absolute Gasteiger partial charge is 0.497 e. The third-order valence-corrected chi connectivity index (χ3v) is 5.54. The van der Waals surface area contributed by atoms with Crippen LogP contribution >= 0.6 is 0 Å². The lowest BCUT2D eigenvalue weighted by Gasteiger charge is -2.33. The summed E-state index contributed by atoms with van der Waals surface area (Å²) in [6.07, 6.45) is 2.14. The van der Waals surface area contributed by atoms with E-state index in [0.717, 1.165) is 39.0 Å². The molecule has 1 heterocycles. The highest BCUT2D eigenvalue weighted by Crippen LogP contribution is 2.19. The van der Waals surface area contributed by atoms with Gasteiger partial charge in [0.15, 0.2) is 0 Å². The highest BCUT2D eigenvalue weighted by molar-refractivity contribution is 6.05. The maximum Gasteiger partial charge on any atom is 0.257 e. The van der Waals surface area contributed by atoms with Crippen molar-refractivity contribution < 1.29 is 14.3 Å². The Balaban J connectivity index is 1.37. The summed E-state index contributed by atoms with van der Waals surface area (Å²) in [5.41, 5.74) is 1.78. The van der Waals surface area contributed by atoms with Crippen LogP contribution in [0.3, 0.4) is 0 Å². The van der Waals surface area contributed by atoms with Crippen molar-refractivity contribution in [2.24, 2.45) is 5.92 Å². The number of rotatable bonds is 8. The van der Waals surface area contributed by atoms with Gasteiger partial charge in [0.2, 0.25) is 5.91 Å². The van der Waals surface area contributed by atoms with Crippen molar-refractivity contribution in [1.29, 1.82) is 0 Å². The standard InChI is InChI=1S/C24H31N3O3/c1-26(16-19-6-4-3-5-7-19)17-20-12-14-27(15-13-20)18-23(28)25-24(29)21-8-10-22(30-2)11-9-21/h3-11,20H,12-18H2,1-2H3,(H,25,28,29). The molecule has 0 atom stereocenters. The van der Waals surface area contributed by atoms with Gasteiger partial charge in [0, 0.05) is 18.7 Å². The predicted molar refractivity (Wildman–Crippen MR) is 117 cm³/mol. The number of ether oxygens (including phenoxy) is 1. The molecular weight excluding hydrogens is 378 g/mol. The zero-order chi connectivity index (χ0) is 21.3. The molecule has 3 rings (SSSR count). The molecular formula is C24H31N3O3. The molecule has 0 aliphatic carbocycles. The lowest BCUT2D eigenvalue weighted by molar-refractivity contribution is -0.121. The maximum atomic E-state index is 12.3. The summed E-state index contributed by atoms with van der Waals surface area (Å²) in [6.45, 7) is 4.04. The van der Waals surface area contributed by atoms with Crippen LogP contribution in [0.4, 0.5) is 0 Å². The molecule has 0 aromatic heterocycles. The number of hydrogen-bond acceptors (Lipinski definition) is 5. The first-order valence-electron chi connectivity index (χ1n) is 10.5. The third kappa shape index (κ3) is 6.68. The minimum Gasteiger partial charge on any atom is -0.497 e. The first kappa shape index (κ1) is 22.0. The van der Waals surface area contributed by atoms with Crippen molar-refractivity contribution in [2.75, 3.05) is 40.3 Å². The molecule has 0 spiro atoms. The molecule has 1 saturated heterocycles. The van der Waals surface area contributed by atoms with Crippen LogP contribution in [0.25, 0.3) is 0 Å². The number of nitrogens with one attached hydrogen (secondary N) is 1. The molecule has 6 heteroatoms. The number of benzene rings is 2. The van der Waals surface area contributed by atoms with Crippen LogP contribution in [-0.2, 0) is 11.3 Å². The molecule has 2 amide bonds. The molecule has 1 aliphatic rings. The zero-order valence-electron chi connectivity index (χ0n) is 17.8. The highest BCUT2D eigenvalue weighted by Gasteiger charge is 2.22. The Morgan fingerprint density at radius 2 is 1.73 bits per heavy atom. The molecule has 0 bridgehead atoms. The Morgan fingerprint density at radius 1 is 1.07 bits per heavy atom. The van der Waals surface area contributed by atoms with Gasteiger partial charge in [0.25, 0.3) is 5.91 Å². The van der Waals surface area contributed by atoms with E-state index >= 15 is 0 Å². The molecule has 6 nitrogen and oxygen atoms in total. The van der Waals surface area contributed by atoms with E-state index in [-0.39, 0.29) is 18.4 Å². The van der Waals surface area contributed by atoms with Crippen molar-refractivity contribution in [3.63, 3.8) is 0 Å². The molecule has 2 aromatic rings. The number of methoxy groups -OCH3 is 1. The Morgan fingerprint density at radius 3 is 2.37 bits per heavy atom. The van der Waals surface area contributed by atoms with E-state index in [2.05, 4.69) is 46.4 Å². The fraction of sp³-hybridized carbons (Fsp3) is 0.417.